The van der Waals surface area contributed by atoms with Crippen LogP contribution >= 0.6 is 24.0 Å². The Morgan fingerprint density at radius 3 is 2.87 bits per heavy atom. The highest BCUT2D eigenvalue weighted by molar-refractivity contribution is 6.31. The van der Waals surface area contributed by atoms with Gasteiger partial charge in [-0.3, -0.25) is 0 Å². The van der Waals surface area contributed by atoms with Crippen molar-refractivity contribution >= 4 is 24.0 Å². The van der Waals surface area contributed by atoms with Crippen LogP contribution < -0.4 is 5.32 Å². The predicted octanol–water partition coefficient (Wildman–Crippen LogP) is 2.56. The Morgan fingerprint density at radius 1 is 1.47 bits per heavy atom. The molecule has 1 atom stereocenters. The summed E-state index contributed by atoms with van der Waals surface area (Å²) in [6.45, 7) is 1.87. The van der Waals surface area contributed by atoms with E-state index in [1.54, 1.807) is 12.1 Å². The molecule has 2 rings (SSSR count). The molecule has 0 saturated carbocycles. The van der Waals surface area contributed by atoms with Gasteiger partial charge in [0.1, 0.15) is 5.82 Å². The van der Waals surface area contributed by atoms with Crippen LogP contribution in [0.15, 0.2) is 18.2 Å². The lowest BCUT2D eigenvalue weighted by atomic mass is 10.1. The van der Waals surface area contributed by atoms with Crippen LogP contribution in [0, 0.1) is 5.82 Å². The van der Waals surface area contributed by atoms with Crippen molar-refractivity contribution in [2.45, 2.75) is 6.04 Å². The van der Waals surface area contributed by atoms with Gasteiger partial charge in [-0.05, 0) is 12.1 Å². The molecule has 1 aliphatic rings. The summed E-state index contributed by atoms with van der Waals surface area (Å²) in [7, 11) is 0. The number of hydrogen-bond donors (Lipinski definition) is 1. The summed E-state index contributed by atoms with van der Waals surface area (Å²) in [6, 6.07) is 4.58. The number of ether oxygens (including phenoxy) is 1. The first-order valence-corrected chi connectivity index (χ1v) is 4.92. The minimum absolute atomic E-state index is 0. The van der Waals surface area contributed by atoms with Crippen LogP contribution in [0.2, 0.25) is 5.02 Å². The van der Waals surface area contributed by atoms with E-state index in [0.717, 1.165) is 6.54 Å². The van der Waals surface area contributed by atoms with E-state index in [4.69, 9.17) is 16.3 Å². The summed E-state index contributed by atoms with van der Waals surface area (Å²) in [5, 5.41) is 3.62. The first kappa shape index (κ1) is 12.7. The molecule has 1 heterocycles. The third kappa shape index (κ3) is 2.82. The summed E-state index contributed by atoms with van der Waals surface area (Å²) in [5.74, 6) is -0.277. The molecular weight excluding hydrogens is 240 g/mol. The SMILES string of the molecule is Cl.Fc1cccc(Cl)c1[C@@H]1COCCN1. The fourth-order valence-corrected chi connectivity index (χ4v) is 1.89. The van der Waals surface area contributed by atoms with Crippen molar-refractivity contribution in [1.82, 2.24) is 5.32 Å². The smallest absolute Gasteiger partial charge is 0.129 e. The van der Waals surface area contributed by atoms with Crippen LogP contribution in [0.5, 0.6) is 0 Å². The highest BCUT2D eigenvalue weighted by Crippen LogP contribution is 2.26. The molecular formula is C10H12Cl2FNO. The Balaban J connectivity index is 0.00000112. The molecule has 0 amide bonds. The molecule has 5 heteroatoms. The molecule has 0 spiro atoms. The Hall–Kier alpha value is -0.350. The van der Waals surface area contributed by atoms with Crippen molar-refractivity contribution in [2.75, 3.05) is 19.8 Å². The van der Waals surface area contributed by atoms with Gasteiger partial charge in [0.05, 0.1) is 19.3 Å². The Bertz CT molecular complexity index is 309. The Labute approximate surface area is 99.2 Å². The molecule has 15 heavy (non-hydrogen) atoms. The van der Waals surface area contributed by atoms with E-state index in [2.05, 4.69) is 5.32 Å². The molecule has 1 aromatic carbocycles. The molecule has 0 unspecified atom stereocenters. The van der Waals surface area contributed by atoms with Crippen LogP contribution in [-0.4, -0.2) is 19.8 Å². The summed E-state index contributed by atoms with van der Waals surface area (Å²) >= 11 is 5.93. The predicted molar refractivity (Wildman–Crippen MR) is 60.2 cm³/mol. The lowest BCUT2D eigenvalue weighted by Gasteiger charge is -2.25. The van der Waals surface area contributed by atoms with Gasteiger partial charge in [0, 0.05) is 17.1 Å². The van der Waals surface area contributed by atoms with Crippen molar-refractivity contribution in [2.24, 2.45) is 0 Å². The van der Waals surface area contributed by atoms with Crippen LogP contribution in [0.3, 0.4) is 0 Å². The summed E-state index contributed by atoms with van der Waals surface area (Å²) in [6.07, 6.45) is 0. The van der Waals surface area contributed by atoms with Crippen molar-refractivity contribution in [3.05, 3.63) is 34.6 Å². The monoisotopic (exact) mass is 251 g/mol. The largest absolute Gasteiger partial charge is 0.378 e. The second-order valence-electron chi connectivity index (χ2n) is 3.22. The van der Waals surface area contributed by atoms with E-state index in [1.807, 2.05) is 0 Å². The molecule has 0 aliphatic carbocycles. The lowest BCUT2D eigenvalue weighted by molar-refractivity contribution is 0.0758. The average Bonchev–Trinajstić information content (AvgIpc) is 2.19. The number of halogens is 3. The van der Waals surface area contributed by atoms with E-state index in [9.17, 15) is 4.39 Å². The number of morpholine rings is 1. The lowest BCUT2D eigenvalue weighted by Crippen LogP contribution is -2.35. The van der Waals surface area contributed by atoms with E-state index >= 15 is 0 Å². The van der Waals surface area contributed by atoms with Crippen LogP contribution in [0.25, 0.3) is 0 Å². The van der Waals surface area contributed by atoms with E-state index < -0.39 is 0 Å². The quantitative estimate of drug-likeness (QED) is 0.829. The maximum atomic E-state index is 13.5. The first-order chi connectivity index (χ1) is 6.79. The normalized spacial score (nSPS) is 20.8. The second kappa shape index (κ2) is 5.66. The maximum absolute atomic E-state index is 13.5. The van der Waals surface area contributed by atoms with Gasteiger partial charge in [-0.15, -0.1) is 12.4 Å². The zero-order valence-corrected chi connectivity index (χ0v) is 9.58. The molecule has 1 fully saturated rings. The Morgan fingerprint density at radius 2 is 2.27 bits per heavy atom. The van der Waals surface area contributed by atoms with E-state index in [0.29, 0.717) is 23.8 Å². The van der Waals surface area contributed by atoms with Gasteiger partial charge in [0.2, 0.25) is 0 Å². The van der Waals surface area contributed by atoms with Gasteiger partial charge in [0.25, 0.3) is 0 Å². The van der Waals surface area contributed by atoms with Crippen LogP contribution in [0.4, 0.5) is 4.39 Å². The maximum Gasteiger partial charge on any atom is 0.129 e. The second-order valence-corrected chi connectivity index (χ2v) is 3.62. The number of rotatable bonds is 1. The number of nitrogens with one attached hydrogen (secondary N) is 1. The molecule has 1 aliphatic heterocycles. The summed E-state index contributed by atoms with van der Waals surface area (Å²) < 4.78 is 18.7. The molecule has 0 radical (unpaired) electrons. The fraction of sp³-hybridized carbons (Fsp3) is 0.400. The first-order valence-electron chi connectivity index (χ1n) is 4.54. The van der Waals surface area contributed by atoms with E-state index in [-0.39, 0.29) is 24.3 Å². The zero-order chi connectivity index (χ0) is 9.97. The molecule has 1 N–H and O–H groups in total. The number of hydrogen-bond acceptors (Lipinski definition) is 2. The van der Waals surface area contributed by atoms with Crippen molar-refractivity contribution in [1.29, 1.82) is 0 Å². The third-order valence-corrected chi connectivity index (χ3v) is 2.60. The fourth-order valence-electron chi connectivity index (χ4n) is 1.59. The average molecular weight is 252 g/mol. The molecule has 0 aromatic heterocycles. The van der Waals surface area contributed by atoms with Crippen molar-refractivity contribution < 1.29 is 9.13 Å². The molecule has 2 nitrogen and oxygen atoms in total. The Kier molecular flexibility index (Phi) is 4.80. The standard InChI is InChI=1S/C10H11ClFNO.ClH/c11-7-2-1-3-8(12)10(7)9-6-14-5-4-13-9;/h1-3,9,13H,4-6H2;1H/t9-;/m0./s1. The van der Waals surface area contributed by atoms with Gasteiger partial charge in [-0.1, -0.05) is 17.7 Å². The highest BCUT2D eigenvalue weighted by Gasteiger charge is 2.20. The van der Waals surface area contributed by atoms with Gasteiger partial charge in [-0.2, -0.15) is 0 Å². The molecule has 1 saturated heterocycles. The van der Waals surface area contributed by atoms with Crippen LogP contribution in [0.1, 0.15) is 11.6 Å². The van der Waals surface area contributed by atoms with Crippen molar-refractivity contribution in [3.8, 4) is 0 Å². The summed E-state index contributed by atoms with van der Waals surface area (Å²) in [4.78, 5) is 0. The van der Waals surface area contributed by atoms with Crippen molar-refractivity contribution in [3.63, 3.8) is 0 Å². The minimum Gasteiger partial charge on any atom is -0.378 e. The topological polar surface area (TPSA) is 21.3 Å². The molecule has 0 bridgehead atoms. The van der Waals surface area contributed by atoms with Gasteiger partial charge in [-0.25, -0.2) is 4.39 Å². The highest BCUT2D eigenvalue weighted by atomic mass is 35.5. The number of benzene rings is 1. The molecule has 1 aromatic rings. The van der Waals surface area contributed by atoms with Gasteiger partial charge < -0.3 is 10.1 Å². The van der Waals surface area contributed by atoms with Gasteiger partial charge in [0.15, 0.2) is 0 Å². The van der Waals surface area contributed by atoms with E-state index in [1.165, 1.54) is 6.07 Å². The van der Waals surface area contributed by atoms with Crippen LogP contribution in [-0.2, 0) is 4.74 Å². The molecule has 84 valence electrons. The summed E-state index contributed by atoms with van der Waals surface area (Å²) in [5.41, 5.74) is 0.508. The minimum atomic E-state index is -0.277. The zero-order valence-electron chi connectivity index (χ0n) is 8.00. The third-order valence-electron chi connectivity index (χ3n) is 2.27. The van der Waals surface area contributed by atoms with Gasteiger partial charge >= 0.3 is 0 Å².